The molecule has 0 radical (unpaired) electrons. The first-order valence-corrected chi connectivity index (χ1v) is 6.72. The molecule has 1 atom stereocenters. The van der Waals surface area contributed by atoms with Gasteiger partial charge in [0, 0.05) is 16.8 Å². The number of nitrogens with two attached hydrogens (primary N) is 1. The number of anilines is 1. The van der Waals surface area contributed by atoms with E-state index in [0.29, 0.717) is 17.7 Å². The number of carbonyl (C=O) groups excluding carboxylic acids is 2. The van der Waals surface area contributed by atoms with Crippen molar-refractivity contribution >= 4 is 17.5 Å². The Balaban J connectivity index is 2.69. The molecule has 0 saturated carbocycles. The summed E-state index contributed by atoms with van der Waals surface area (Å²) in [7, 11) is 0. The number of rotatable bonds is 4. The van der Waals surface area contributed by atoms with Crippen molar-refractivity contribution in [3.05, 3.63) is 29.8 Å². The molecule has 0 fully saturated rings. The van der Waals surface area contributed by atoms with Gasteiger partial charge in [0.05, 0.1) is 6.04 Å². The molecular weight excluding hydrogens is 254 g/mol. The highest BCUT2D eigenvalue weighted by atomic mass is 16.2. The van der Waals surface area contributed by atoms with E-state index in [1.807, 2.05) is 27.7 Å². The minimum Gasteiger partial charge on any atom is -0.347 e. The Bertz CT molecular complexity index is 475. The van der Waals surface area contributed by atoms with Crippen LogP contribution in [0, 0.1) is 0 Å². The molecule has 0 heterocycles. The van der Waals surface area contributed by atoms with Crippen molar-refractivity contribution in [1.29, 1.82) is 0 Å². The van der Waals surface area contributed by atoms with Gasteiger partial charge in [-0.25, -0.2) is 0 Å². The standard InChI is InChI=1S/C15H23N3O2/c1-5-12(16)14(20)17-11-8-6-10(7-9-11)13(19)18-15(2,3)4/h6-9,12H,5,16H2,1-4H3,(H,17,20)(H,18,19)/t12-/m0/s1. The van der Waals surface area contributed by atoms with E-state index in [4.69, 9.17) is 5.73 Å². The van der Waals surface area contributed by atoms with Crippen molar-refractivity contribution in [3.63, 3.8) is 0 Å². The average molecular weight is 277 g/mol. The zero-order valence-corrected chi connectivity index (χ0v) is 12.5. The maximum Gasteiger partial charge on any atom is 0.251 e. The number of hydrogen-bond acceptors (Lipinski definition) is 3. The first kappa shape index (κ1) is 16.2. The van der Waals surface area contributed by atoms with Crippen LogP contribution in [0.25, 0.3) is 0 Å². The van der Waals surface area contributed by atoms with Gasteiger partial charge in [-0.15, -0.1) is 0 Å². The van der Waals surface area contributed by atoms with E-state index in [1.165, 1.54) is 0 Å². The second kappa shape index (κ2) is 6.52. The summed E-state index contributed by atoms with van der Waals surface area (Å²) in [5.41, 5.74) is 6.54. The van der Waals surface area contributed by atoms with E-state index < -0.39 is 6.04 Å². The highest BCUT2D eigenvalue weighted by Gasteiger charge is 2.15. The Kier molecular flexibility index (Phi) is 5.27. The summed E-state index contributed by atoms with van der Waals surface area (Å²) in [5.74, 6) is -0.361. The molecule has 0 aliphatic heterocycles. The zero-order chi connectivity index (χ0) is 15.3. The van der Waals surface area contributed by atoms with E-state index in [0.717, 1.165) is 0 Å². The summed E-state index contributed by atoms with van der Waals surface area (Å²) in [5, 5.41) is 5.59. The number of hydrogen-bond donors (Lipinski definition) is 3. The van der Waals surface area contributed by atoms with Gasteiger partial charge in [0.2, 0.25) is 5.91 Å². The van der Waals surface area contributed by atoms with Crippen molar-refractivity contribution < 1.29 is 9.59 Å². The second-order valence-corrected chi connectivity index (χ2v) is 5.79. The van der Waals surface area contributed by atoms with Crippen LogP contribution in [0.2, 0.25) is 0 Å². The summed E-state index contributed by atoms with van der Waals surface area (Å²) in [6.07, 6.45) is 0.581. The lowest BCUT2D eigenvalue weighted by molar-refractivity contribution is -0.117. The molecule has 1 aromatic carbocycles. The molecule has 4 N–H and O–H groups in total. The van der Waals surface area contributed by atoms with Crippen LogP contribution in [0.1, 0.15) is 44.5 Å². The molecule has 0 saturated heterocycles. The zero-order valence-electron chi connectivity index (χ0n) is 12.5. The van der Waals surface area contributed by atoms with Gasteiger partial charge in [0.15, 0.2) is 0 Å². The number of amides is 2. The topological polar surface area (TPSA) is 84.2 Å². The molecule has 5 nitrogen and oxygen atoms in total. The first-order chi connectivity index (χ1) is 9.23. The van der Waals surface area contributed by atoms with Crippen LogP contribution in [0.15, 0.2) is 24.3 Å². The predicted molar refractivity (Wildman–Crippen MR) is 80.6 cm³/mol. The molecule has 0 aromatic heterocycles. The monoisotopic (exact) mass is 277 g/mol. The van der Waals surface area contributed by atoms with Gasteiger partial charge in [-0.05, 0) is 51.5 Å². The van der Waals surface area contributed by atoms with Crippen LogP contribution in [-0.4, -0.2) is 23.4 Å². The van der Waals surface area contributed by atoms with Crippen LogP contribution in [0.5, 0.6) is 0 Å². The first-order valence-electron chi connectivity index (χ1n) is 6.72. The van der Waals surface area contributed by atoms with Crippen molar-refractivity contribution in [2.24, 2.45) is 5.73 Å². The third-order valence-electron chi connectivity index (χ3n) is 2.68. The Morgan fingerprint density at radius 2 is 1.75 bits per heavy atom. The Labute approximate surface area is 119 Å². The van der Waals surface area contributed by atoms with Gasteiger partial charge in [0.25, 0.3) is 5.91 Å². The molecule has 0 aliphatic carbocycles. The maximum absolute atomic E-state index is 11.9. The van der Waals surface area contributed by atoms with Crippen molar-refractivity contribution in [2.45, 2.75) is 45.7 Å². The SMILES string of the molecule is CC[C@H](N)C(=O)Nc1ccc(C(=O)NC(C)(C)C)cc1. The van der Waals surface area contributed by atoms with Gasteiger partial charge in [0.1, 0.15) is 0 Å². The minimum absolute atomic E-state index is 0.138. The summed E-state index contributed by atoms with van der Waals surface area (Å²) in [6.45, 7) is 7.62. The fourth-order valence-electron chi connectivity index (χ4n) is 1.54. The van der Waals surface area contributed by atoms with Gasteiger partial charge < -0.3 is 16.4 Å². The molecule has 0 aliphatic rings. The lowest BCUT2D eigenvalue weighted by Crippen LogP contribution is -2.40. The fourth-order valence-corrected chi connectivity index (χ4v) is 1.54. The molecule has 20 heavy (non-hydrogen) atoms. The van der Waals surface area contributed by atoms with Gasteiger partial charge in [-0.3, -0.25) is 9.59 Å². The van der Waals surface area contributed by atoms with E-state index in [-0.39, 0.29) is 17.4 Å². The van der Waals surface area contributed by atoms with Crippen LogP contribution >= 0.6 is 0 Å². The number of benzene rings is 1. The molecule has 1 rings (SSSR count). The molecule has 0 bridgehead atoms. The van der Waals surface area contributed by atoms with Crippen LogP contribution < -0.4 is 16.4 Å². The maximum atomic E-state index is 11.9. The molecule has 0 spiro atoms. The average Bonchev–Trinajstić information content (AvgIpc) is 2.36. The fraction of sp³-hybridized carbons (Fsp3) is 0.467. The van der Waals surface area contributed by atoms with E-state index in [9.17, 15) is 9.59 Å². The van der Waals surface area contributed by atoms with Gasteiger partial charge in [-0.1, -0.05) is 6.92 Å². The van der Waals surface area contributed by atoms with Crippen molar-refractivity contribution in [1.82, 2.24) is 5.32 Å². The quantitative estimate of drug-likeness (QED) is 0.785. The normalized spacial score (nSPS) is 12.7. The lowest BCUT2D eigenvalue weighted by atomic mass is 10.1. The third kappa shape index (κ3) is 5.01. The van der Waals surface area contributed by atoms with Crippen molar-refractivity contribution in [3.8, 4) is 0 Å². The molecule has 110 valence electrons. The van der Waals surface area contributed by atoms with E-state index in [1.54, 1.807) is 24.3 Å². The largest absolute Gasteiger partial charge is 0.347 e. The van der Waals surface area contributed by atoms with Gasteiger partial charge >= 0.3 is 0 Å². The van der Waals surface area contributed by atoms with E-state index in [2.05, 4.69) is 10.6 Å². The second-order valence-electron chi connectivity index (χ2n) is 5.79. The highest BCUT2D eigenvalue weighted by molar-refractivity contribution is 5.97. The Morgan fingerprint density at radius 3 is 2.20 bits per heavy atom. The molecule has 2 amide bonds. The summed E-state index contributed by atoms with van der Waals surface area (Å²) in [4.78, 5) is 23.6. The predicted octanol–water partition coefficient (Wildman–Crippen LogP) is 1.89. The van der Waals surface area contributed by atoms with Crippen LogP contribution in [0.4, 0.5) is 5.69 Å². The third-order valence-corrected chi connectivity index (χ3v) is 2.68. The molecule has 0 unspecified atom stereocenters. The number of nitrogens with one attached hydrogen (secondary N) is 2. The molecular formula is C15H23N3O2. The smallest absolute Gasteiger partial charge is 0.251 e. The molecule has 1 aromatic rings. The minimum atomic E-state index is -0.515. The summed E-state index contributed by atoms with van der Waals surface area (Å²) >= 11 is 0. The number of carbonyl (C=O) groups is 2. The lowest BCUT2D eigenvalue weighted by Gasteiger charge is -2.20. The summed E-state index contributed by atoms with van der Waals surface area (Å²) < 4.78 is 0. The highest BCUT2D eigenvalue weighted by Crippen LogP contribution is 2.11. The van der Waals surface area contributed by atoms with E-state index >= 15 is 0 Å². The van der Waals surface area contributed by atoms with Gasteiger partial charge in [-0.2, -0.15) is 0 Å². The Hall–Kier alpha value is -1.88. The van der Waals surface area contributed by atoms with Crippen molar-refractivity contribution in [2.75, 3.05) is 5.32 Å². The molecule has 5 heteroatoms. The summed E-state index contributed by atoms with van der Waals surface area (Å²) in [6, 6.07) is 6.22. The Morgan fingerprint density at radius 1 is 1.20 bits per heavy atom. The van der Waals surface area contributed by atoms with Crippen LogP contribution in [0.3, 0.4) is 0 Å². The van der Waals surface area contributed by atoms with Crippen LogP contribution in [-0.2, 0) is 4.79 Å².